The van der Waals surface area contributed by atoms with Crippen molar-refractivity contribution in [3.05, 3.63) is 17.8 Å². The summed E-state index contributed by atoms with van der Waals surface area (Å²) in [6.07, 6.45) is 8.82. The number of nitrogens with zero attached hydrogens (tertiary/aromatic N) is 2. The zero-order valence-corrected chi connectivity index (χ0v) is 13.8. The highest BCUT2D eigenvalue weighted by Crippen LogP contribution is 2.33. The minimum Gasteiger partial charge on any atom is -0.375 e. The summed E-state index contributed by atoms with van der Waals surface area (Å²) in [6.45, 7) is 1.74. The Balaban J connectivity index is 1.32. The standard InChI is InChI=1S/C17H23N3O4/c21-15(18-13-4-2-1-3-5-13)8-14-19-16(24-20-14)12-6-7-17(23-9-12)10-22-11-17/h6,13H,1-5,7-11H2,(H,18,21). The summed E-state index contributed by atoms with van der Waals surface area (Å²) in [6, 6.07) is 0.299. The molecule has 0 bridgehead atoms. The molecular weight excluding hydrogens is 310 g/mol. The maximum Gasteiger partial charge on any atom is 0.255 e. The molecule has 1 amide bonds. The van der Waals surface area contributed by atoms with Gasteiger partial charge in [-0.05, 0) is 19.3 Å². The number of aromatic nitrogens is 2. The van der Waals surface area contributed by atoms with Crippen LogP contribution in [-0.2, 0) is 20.7 Å². The van der Waals surface area contributed by atoms with Crippen LogP contribution < -0.4 is 5.32 Å². The number of nitrogens with one attached hydrogen (secondary N) is 1. The van der Waals surface area contributed by atoms with Crippen LogP contribution in [0.4, 0.5) is 0 Å². The lowest BCUT2D eigenvalue weighted by Gasteiger charge is -2.42. The molecule has 130 valence electrons. The molecule has 4 rings (SSSR count). The SMILES string of the molecule is O=C(Cc1noc(C2=CCC3(COC3)OC2)n1)NC1CCCCC1. The summed E-state index contributed by atoms with van der Waals surface area (Å²) in [4.78, 5) is 16.5. The highest BCUT2D eigenvalue weighted by molar-refractivity contribution is 5.78. The minimum atomic E-state index is -0.147. The first-order valence-electron chi connectivity index (χ1n) is 8.76. The van der Waals surface area contributed by atoms with Crippen molar-refractivity contribution in [1.29, 1.82) is 0 Å². The fourth-order valence-electron chi connectivity index (χ4n) is 3.46. The molecule has 0 unspecified atom stereocenters. The van der Waals surface area contributed by atoms with Crippen LogP contribution >= 0.6 is 0 Å². The van der Waals surface area contributed by atoms with Gasteiger partial charge in [-0.3, -0.25) is 4.79 Å². The molecule has 1 spiro atoms. The maximum atomic E-state index is 12.1. The molecule has 1 saturated carbocycles. The number of rotatable bonds is 4. The molecule has 1 aliphatic carbocycles. The van der Waals surface area contributed by atoms with E-state index in [4.69, 9.17) is 14.0 Å². The van der Waals surface area contributed by atoms with Crippen LogP contribution in [0.5, 0.6) is 0 Å². The second-order valence-electron chi connectivity index (χ2n) is 6.99. The van der Waals surface area contributed by atoms with Gasteiger partial charge in [-0.15, -0.1) is 0 Å². The Hall–Kier alpha value is -1.73. The van der Waals surface area contributed by atoms with Gasteiger partial charge in [-0.2, -0.15) is 4.98 Å². The summed E-state index contributed by atoms with van der Waals surface area (Å²) in [7, 11) is 0. The van der Waals surface area contributed by atoms with E-state index in [9.17, 15) is 4.79 Å². The molecule has 3 aliphatic rings. The largest absolute Gasteiger partial charge is 0.375 e. The molecule has 2 aliphatic heterocycles. The van der Waals surface area contributed by atoms with Gasteiger partial charge in [0.15, 0.2) is 5.82 Å². The van der Waals surface area contributed by atoms with E-state index in [0.717, 1.165) is 24.8 Å². The van der Waals surface area contributed by atoms with Crippen molar-refractivity contribution in [2.75, 3.05) is 19.8 Å². The van der Waals surface area contributed by atoms with E-state index in [-0.39, 0.29) is 17.9 Å². The van der Waals surface area contributed by atoms with E-state index in [1.54, 1.807) is 0 Å². The normalized spacial score (nSPS) is 23.6. The summed E-state index contributed by atoms with van der Waals surface area (Å²) >= 11 is 0. The molecule has 2 fully saturated rings. The molecule has 7 nitrogen and oxygen atoms in total. The Morgan fingerprint density at radius 3 is 2.79 bits per heavy atom. The average molecular weight is 333 g/mol. The minimum absolute atomic E-state index is 0.0336. The van der Waals surface area contributed by atoms with Gasteiger partial charge in [0, 0.05) is 11.6 Å². The van der Waals surface area contributed by atoms with E-state index in [1.165, 1.54) is 19.3 Å². The lowest BCUT2D eigenvalue weighted by Crippen LogP contribution is -2.53. The Labute approximate surface area is 140 Å². The number of carbonyl (C=O) groups excluding carboxylic acids is 1. The number of hydrogen-bond acceptors (Lipinski definition) is 6. The van der Waals surface area contributed by atoms with Crippen molar-refractivity contribution in [3.8, 4) is 0 Å². The van der Waals surface area contributed by atoms with E-state index in [2.05, 4.69) is 21.5 Å². The zero-order valence-electron chi connectivity index (χ0n) is 13.8. The molecule has 1 N–H and O–H groups in total. The van der Waals surface area contributed by atoms with Gasteiger partial charge in [0.1, 0.15) is 5.60 Å². The molecule has 1 aromatic rings. The van der Waals surface area contributed by atoms with Crippen LogP contribution in [0.2, 0.25) is 0 Å². The summed E-state index contributed by atoms with van der Waals surface area (Å²) in [5, 5.41) is 7.00. The number of ether oxygens (including phenoxy) is 2. The van der Waals surface area contributed by atoms with Crippen molar-refractivity contribution >= 4 is 11.5 Å². The smallest absolute Gasteiger partial charge is 0.255 e. The van der Waals surface area contributed by atoms with Crippen molar-refractivity contribution in [1.82, 2.24) is 15.5 Å². The third-order valence-electron chi connectivity index (χ3n) is 5.02. The van der Waals surface area contributed by atoms with Crippen molar-refractivity contribution in [2.24, 2.45) is 0 Å². The topological polar surface area (TPSA) is 86.5 Å². The lowest BCUT2D eigenvalue weighted by atomic mass is 9.93. The fourth-order valence-corrected chi connectivity index (χ4v) is 3.46. The first kappa shape index (κ1) is 15.8. The molecule has 0 aromatic carbocycles. The van der Waals surface area contributed by atoms with Crippen molar-refractivity contribution < 1.29 is 18.8 Å². The van der Waals surface area contributed by atoms with Crippen LogP contribution in [-0.4, -0.2) is 47.5 Å². The van der Waals surface area contributed by atoms with E-state index in [0.29, 0.717) is 37.6 Å². The summed E-state index contributed by atoms with van der Waals surface area (Å²) in [5.41, 5.74) is 0.741. The molecule has 0 radical (unpaired) electrons. The second-order valence-corrected chi connectivity index (χ2v) is 6.99. The van der Waals surface area contributed by atoms with Gasteiger partial charge in [0.2, 0.25) is 5.91 Å². The number of amides is 1. The second kappa shape index (κ2) is 6.64. The van der Waals surface area contributed by atoms with E-state index < -0.39 is 0 Å². The summed E-state index contributed by atoms with van der Waals surface area (Å²) < 4.78 is 16.4. The van der Waals surface area contributed by atoms with Crippen LogP contribution in [0.25, 0.3) is 5.57 Å². The number of carbonyl (C=O) groups is 1. The molecule has 1 aromatic heterocycles. The summed E-state index contributed by atoms with van der Waals surface area (Å²) in [5.74, 6) is 0.839. The van der Waals surface area contributed by atoms with Gasteiger partial charge >= 0.3 is 0 Å². The Morgan fingerprint density at radius 1 is 1.29 bits per heavy atom. The molecule has 0 atom stereocenters. The van der Waals surface area contributed by atoms with Gasteiger partial charge in [0.25, 0.3) is 5.89 Å². The molecule has 3 heterocycles. The van der Waals surface area contributed by atoms with Crippen LogP contribution in [0.15, 0.2) is 10.6 Å². The van der Waals surface area contributed by atoms with E-state index >= 15 is 0 Å². The van der Waals surface area contributed by atoms with Gasteiger partial charge in [-0.1, -0.05) is 30.5 Å². The molecule has 7 heteroatoms. The predicted molar refractivity (Wildman–Crippen MR) is 85.1 cm³/mol. The van der Waals surface area contributed by atoms with Gasteiger partial charge < -0.3 is 19.3 Å². The lowest BCUT2D eigenvalue weighted by molar-refractivity contribution is -0.203. The maximum absolute atomic E-state index is 12.1. The fraction of sp³-hybridized carbons (Fsp3) is 0.706. The Bertz CT molecular complexity index is 630. The third-order valence-corrected chi connectivity index (χ3v) is 5.02. The highest BCUT2D eigenvalue weighted by atomic mass is 16.6. The first-order chi connectivity index (χ1) is 11.7. The van der Waals surface area contributed by atoms with E-state index in [1.807, 2.05) is 0 Å². The highest BCUT2D eigenvalue weighted by Gasteiger charge is 2.41. The third kappa shape index (κ3) is 3.37. The quantitative estimate of drug-likeness (QED) is 0.901. The van der Waals surface area contributed by atoms with Crippen LogP contribution in [0.3, 0.4) is 0 Å². The Kier molecular flexibility index (Phi) is 4.37. The predicted octanol–water partition coefficient (Wildman–Crippen LogP) is 1.63. The average Bonchev–Trinajstić information content (AvgIpc) is 3.03. The van der Waals surface area contributed by atoms with Crippen LogP contribution in [0.1, 0.15) is 50.2 Å². The van der Waals surface area contributed by atoms with Crippen LogP contribution in [0, 0.1) is 0 Å². The number of hydrogen-bond donors (Lipinski definition) is 1. The zero-order chi connectivity index (χ0) is 16.4. The Morgan fingerprint density at radius 2 is 2.12 bits per heavy atom. The molecular formula is C17H23N3O4. The molecule has 1 saturated heterocycles. The monoisotopic (exact) mass is 333 g/mol. The molecule has 24 heavy (non-hydrogen) atoms. The van der Waals surface area contributed by atoms with Gasteiger partial charge in [0.05, 0.1) is 26.2 Å². The van der Waals surface area contributed by atoms with Crippen molar-refractivity contribution in [3.63, 3.8) is 0 Å². The van der Waals surface area contributed by atoms with Crippen molar-refractivity contribution in [2.45, 2.75) is 56.6 Å². The first-order valence-corrected chi connectivity index (χ1v) is 8.76. The van der Waals surface area contributed by atoms with Gasteiger partial charge in [-0.25, -0.2) is 0 Å².